The lowest BCUT2D eigenvalue weighted by Crippen LogP contribution is -2.36. The highest BCUT2D eigenvalue weighted by Gasteiger charge is 2.28. The van der Waals surface area contributed by atoms with Crippen molar-refractivity contribution in [3.8, 4) is 5.75 Å². The lowest BCUT2D eigenvalue weighted by molar-refractivity contribution is 0.0661. The normalized spacial score (nSPS) is 20.6. The van der Waals surface area contributed by atoms with Crippen molar-refractivity contribution in [2.45, 2.75) is 51.3 Å². The van der Waals surface area contributed by atoms with Gasteiger partial charge in [-0.3, -0.25) is 4.79 Å². The van der Waals surface area contributed by atoms with Crippen molar-refractivity contribution in [3.63, 3.8) is 0 Å². The van der Waals surface area contributed by atoms with Crippen LogP contribution in [0, 0.1) is 0 Å². The van der Waals surface area contributed by atoms with Crippen molar-refractivity contribution in [1.29, 1.82) is 0 Å². The molecule has 7 heteroatoms. The molecule has 36 heavy (non-hydrogen) atoms. The first-order valence-electron chi connectivity index (χ1n) is 13.5. The molecule has 4 rings (SSSR count). The number of hydrogen-bond acceptors (Lipinski definition) is 6. The van der Waals surface area contributed by atoms with Crippen LogP contribution in [0.3, 0.4) is 0 Å². The zero-order chi connectivity index (χ0) is 25.3. The summed E-state index contributed by atoms with van der Waals surface area (Å²) in [5.74, 6) is 0.730. The van der Waals surface area contributed by atoms with E-state index >= 15 is 0 Å². The number of ether oxygens (including phenoxy) is 2. The molecule has 2 aromatic carbocycles. The average molecular weight is 495 g/mol. The van der Waals surface area contributed by atoms with E-state index in [0.717, 1.165) is 58.6 Å². The van der Waals surface area contributed by atoms with Gasteiger partial charge in [-0.1, -0.05) is 24.3 Å². The Hall–Kier alpha value is -2.61. The Morgan fingerprint density at radius 3 is 2.67 bits per heavy atom. The van der Waals surface area contributed by atoms with Crippen molar-refractivity contribution in [2.24, 2.45) is 0 Å². The van der Waals surface area contributed by atoms with Gasteiger partial charge in [0.2, 0.25) is 0 Å². The lowest BCUT2D eigenvalue weighted by Gasteiger charge is -2.20. The van der Waals surface area contributed by atoms with Gasteiger partial charge in [0.05, 0.1) is 18.3 Å². The SMILES string of the molecule is CCOc1ccccc1C(=O)N1CC[C@@H](NCCCO[C@@H]2CCN(c3ccc(C(C)NC)cc3)C2)C1. The Morgan fingerprint density at radius 2 is 1.89 bits per heavy atom. The number of carbonyl (C=O) groups excluding carboxylic acids is 1. The molecule has 0 radical (unpaired) electrons. The third-order valence-corrected chi connectivity index (χ3v) is 7.34. The second kappa shape index (κ2) is 13.1. The van der Waals surface area contributed by atoms with Crippen molar-refractivity contribution >= 4 is 11.6 Å². The van der Waals surface area contributed by atoms with Crippen molar-refractivity contribution in [1.82, 2.24) is 15.5 Å². The van der Waals surface area contributed by atoms with Gasteiger partial charge in [0.1, 0.15) is 5.75 Å². The number of benzene rings is 2. The number of hydrogen-bond donors (Lipinski definition) is 2. The van der Waals surface area contributed by atoms with E-state index in [9.17, 15) is 4.79 Å². The molecule has 2 aromatic rings. The number of para-hydroxylation sites is 1. The van der Waals surface area contributed by atoms with E-state index in [0.29, 0.717) is 36.1 Å². The Bertz CT molecular complexity index is 967. The molecule has 2 aliphatic heterocycles. The fraction of sp³-hybridized carbons (Fsp3) is 0.552. The van der Waals surface area contributed by atoms with Crippen LogP contribution in [0.5, 0.6) is 5.75 Å². The van der Waals surface area contributed by atoms with Crippen LogP contribution in [0.2, 0.25) is 0 Å². The van der Waals surface area contributed by atoms with E-state index < -0.39 is 0 Å². The van der Waals surface area contributed by atoms with Crippen LogP contribution >= 0.6 is 0 Å². The van der Waals surface area contributed by atoms with Gasteiger partial charge in [-0.15, -0.1) is 0 Å². The standard InChI is InChI=1S/C29H42N4O3/c1-4-35-28-9-6-5-8-27(28)29(34)33-17-14-24(20-33)31-16-7-19-36-26-15-18-32(21-26)25-12-10-23(11-13-25)22(2)30-3/h5-6,8-13,22,24,26,30-31H,4,7,14-21H2,1-3H3/t22?,24-,26-/m1/s1. The van der Waals surface area contributed by atoms with E-state index in [4.69, 9.17) is 9.47 Å². The van der Waals surface area contributed by atoms with Crippen LogP contribution in [0.15, 0.2) is 48.5 Å². The maximum Gasteiger partial charge on any atom is 0.257 e. The molecular weight excluding hydrogens is 452 g/mol. The molecule has 2 heterocycles. The molecule has 0 aliphatic carbocycles. The van der Waals surface area contributed by atoms with Gasteiger partial charge in [0.25, 0.3) is 5.91 Å². The molecule has 2 saturated heterocycles. The molecule has 0 saturated carbocycles. The molecule has 0 aromatic heterocycles. The molecule has 0 spiro atoms. The van der Waals surface area contributed by atoms with Crippen LogP contribution < -0.4 is 20.3 Å². The van der Waals surface area contributed by atoms with Gasteiger partial charge in [-0.2, -0.15) is 0 Å². The van der Waals surface area contributed by atoms with Gasteiger partial charge in [-0.05, 0) is 76.5 Å². The van der Waals surface area contributed by atoms with Crippen LogP contribution in [-0.2, 0) is 4.74 Å². The van der Waals surface area contributed by atoms with Crippen molar-refractivity contribution in [2.75, 3.05) is 57.9 Å². The molecule has 2 fully saturated rings. The number of likely N-dealkylation sites (tertiary alicyclic amines) is 1. The van der Waals surface area contributed by atoms with E-state index in [1.54, 1.807) is 0 Å². The Labute approximate surface area is 216 Å². The number of amides is 1. The Morgan fingerprint density at radius 1 is 1.08 bits per heavy atom. The first-order chi connectivity index (χ1) is 17.6. The van der Waals surface area contributed by atoms with Crippen LogP contribution in [0.25, 0.3) is 0 Å². The maximum absolute atomic E-state index is 13.0. The predicted octanol–water partition coefficient (Wildman–Crippen LogP) is 3.86. The van der Waals surface area contributed by atoms with Gasteiger partial charge in [0, 0.05) is 50.6 Å². The fourth-order valence-corrected chi connectivity index (χ4v) is 5.07. The van der Waals surface area contributed by atoms with Crippen LogP contribution in [0.1, 0.15) is 55.1 Å². The largest absolute Gasteiger partial charge is 0.493 e. The first-order valence-corrected chi connectivity index (χ1v) is 13.5. The molecule has 3 atom stereocenters. The highest BCUT2D eigenvalue weighted by Crippen LogP contribution is 2.24. The fourth-order valence-electron chi connectivity index (χ4n) is 5.07. The number of nitrogens with zero attached hydrogens (tertiary/aromatic N) is 2. The number of carbonyl (C=O) groups is 1. The molecule has 196 valence electrons. The topological polar surface area (TPSA) is 66.1 Å². The monoisotopic (exact) mass is 494 g/mol. The molecule has 1 amide bonds. The minimum atomic E-state index is 0.0589. The van der Waals surface area contributed by atoms with Crippen molar-refractivity contribution in [3.05, 3.63) is 59.7 Å². The van der Waals surface area contributed by atoms with Gasteiger partial charge in [-0.25, -0.2) is 0 Å². The lowest BCUT2D eigenvalue weighted by atomic mass is 10.1. The maximum atomic E-state index is 13.0. The van der Waals surface area contributed by atoms with E-state index in [-0.39, 0.29) is 5.91 Å². The van der Waals surface area contributed by atoms with E-state index in [1.807, 2.05) is 43.1 Å². The molecule has 2 aliphatic rings. The molecule has 7 nitrogen and oxygen atoms in total. The zero-order valence-corrected chi connectivity index (χ0v) is 22.0. The Kier molecular flexibility index (Phi) is 9.61. The summed E-state index contributed by atoms with van der Waals surface area (Å²) >= 11 is 0. The highest BCUT2D eigenvalue weighted by atomic mass is 16.5. The predicted molar refractivity (Wildman–Crippen MR) is 145 cm³/mol. The summed E-state index contributed by atoms with van der Waals surface area (Å²) in [6.07, 6.45) is 3.33. The smallest absolute Gasteiger partial charge is 0.257 e. The summed E-state index contributed by atoms with van der Waals surface area (Å²) in [4.78, 5) is 17.3. The highest BCUT2D eigenvalue weighted by molar-refractivity contribution is 5.97. The number of nitrogens with one attached hydrogen (secondary N) is 2. The second-order valence-electron chi connectivity index (χ2n) is 9.80. The molecule has 0 bridgehead atoms. The number of rotatable bonds is 12. The molecular formula is C29H42N4O3. The van der Waals surface area contributed by atoms with Gasteiger partial charge >= 0.3 is 0 Å². The summed E-state index contributed by atoms with van der Waals surface area (Å²) in [5, 5.41) is 6.90. The zero-order valence-electron chi connectivity index (χ0n) is 22.0. The van der Waals surface area contributed by atoms with Crippen LogP contribution in [0.4, 0.5) is 5.69 Å². The minimum Gasteiger partial charge on any atom is -0.493 e. The van der Waals surface area contributed by atoms with Gasteiger partial charge in [0.15, 0.2) is 0 Å². The van der Waals surface area contributed by atoms with Crippen LogP contribution in [-0.4, -0.2) is 75.9 Å². The summed E-state index contributed by atoms with van der Waals surface area (Å²) in [7, 11) is 1.99. The summed E-state index contributed by atoms with van der Waals surface area (Å²) in [6, 6.07) is 17.1. The quantitative estimate of drug-likeness (QED) is 0.437. The van der Waals surface area contributed by atoms with E-state index in [2.05, 4.69) is 46.7 Å². The third-order valence-electron chi connectivity index (χ3n) is 7.34. The second-order valence-corrected chi connectivity index (χ2v) is 9.80. The minimum absolute atomic E-state index is 0.0589. The van der Waals surface area contributed by atoms with Crippen molar-refractivity contribution < 1.29 is 14.3 Å². The van der Waals surface area contributed by atoms with E-state index in [1.165, 1.54) is 11.3 Å². The molecule has 1 unspecified atom stereocenters. The average Bonchev–Trinajstić information content (AvgIpc) is 3.58. The Balaban J connectivity index is 1.12. The van der Waals surface area contributed by atoms with Gasteiger partial charge < -0.3 is 29.9 Å². The summed E-state index contributed by atoms with van der Waals surface area (Å²) in [6.45, 7) is 9.86. The third kappa shape index (κ3) is 6.78. The summed E-state index contributed by atoms with van der Waals surface area (Å²) in [5.41, 5.74) is 3.24. The first kappa shape index (κ1) is 26.5. The molecule has 2 N–H and O–H groups in total. The number of anilines is 1. The summed E-state index contributed by atoms with van der Waals surface area (Å²) < 4.78 is 11.8.